The van der Waals surface area contributed by atoms with Crippen LogP contribution < -0.4 is 0 Å². The first-order valence-electron chi connectivity index (χ1n) is 4.89. The molecule has 0 saturated heterocycles. The molecule has 1 unspecified atom stereocenters. The van der Waals surface area contributed by atoms with E-state index in [9.17, 15) is 5.11 Å². The molecule has 0 amide bonds. The molecule has 0 spiro atoms. The van der Waals surface area contributed by atoms with Gasteiger partial charge in [-0.15, -0.1) is 0 Å². The number of aliphatic hydroxyl groups is 1. The third-order valence-corrected chi connectivity index (χ3v) is 2.57. The summed E-state index contributed by atoms with van der Waals surface area (Å²) in [6, 6.07) is 7.92. The predicted molar refractivity (Wildman–Crippen MR) is 57.7 cm³/mol. The van der Waals surface area contributed by atoms with E-state index in [0.717, 1.165) is 22.5 Å². The number of aromatic amines is 1. The van der Waals surface area contributed by atoms with E-state index in [1.807, 2.05) is 34.9 Å². The second-order valence-corrected chi connectivity index (χ2v) is 3.68. The van der Waals surface area contributed by atoms with Gasteiger partial charge in [-0.25, -0.2) is 4.98 Å². The fourth-order valence-electron chi connectivity index (χ4n) is 1.78. The van der Waals surface area contributed by atoms with Crippen molar-refractivity contribution < 1.29 is 5.11 Å². The maximum absolute atomic E-state index is 9.44. The first-order chi connectivity index (χ1) is 7.25. The zero-order valence-electron chi connectivity index (χ0n) is 8.31. The minimum Gasteiger partial charge on any atom is -0.387 e. The Labute approximate surface area is 86.2 Å². The Morgan fingerprint density at radius 2 is 2.20 bits per heavy atom. The van der Waals surface area contributed by atoms with Crippen molar-refractivity contribution in [3.63, 3.8) is 0 Å². The van der Waals surface area contributed by atoms with E-state index >= 15 is 0 Å². The highest BCUT2D eigenvalue weighted by Crippen LogP contribution is 2.18. The lowest BCUT2D eigenvalue weighted by Crippen LogP contribution is -1.90. The fourth-order valence-corrected chi connectivity index (χ4v) is 1.78. The van der Waals surface area contributed by atoms with Crippen molar-refractivity contribution in [3.05, 3.63) is 36.2 Å². The molecule has 3 rings (SSSR count). The van der Waals surface area contributed by atoms with Gasteiger partial charge in [0.25, 0.3) is 0 Å². The van der Waals surface area contributed by atoms with Crippen LogP contribution in [0.1, 0.15) is 18.7 Å². The molecule has 0 aliphatic rings. The number of hydrogen-bond donors (Lipinski definition) is 2. The van der Waals surface area contributed by atoms with Crippen LogP contribution in [0.25, 0.3) is 16.8 Å². The Hall–Kier alpha value is -1.81. The van der Waals surface area contributed by atoms with Crippen LogP contribution in [0.15, 0.2) is 30.5 Å². The number of rotatable bonds is 1. The minimum atomic E-state index is -0.495. The monoisotopic (exact) mass is 201 g/mol. The molecule has 0 saturated carbocycles. The van der Waals surface area contributed by atoms with Crippen molar-refractivity contribution in [1.82, 2.24) is 14.4 Å². The summed E-state index contributed by atoms with van der Waals surface area (Å²) in [5.41, 5.74) is 2.79. The predicted octanol–water partition coefficient (Wildman–Crippen LogP) is 1.87. The third kappa shape index (κ3) is 1.15. The number of benzene rings is 1. The van der Waals surface area contributed by atoms with E-state index in [1.165, 1.54) is 0 Å². The van der Waals surface area contributed by atoms with Crippen LogP contribution in [0.3, 0.4) is 0 Å². The van der Waals surface area contributed by atoms with Gasteiger partial charge < -0.3 is 10.1 Å². The molecule has 2 heterocycles. The topological polar surface area (TPSA) is 53.3 Å². The quantitative estimate of drug-likeness (QED) is 0.631. The lowest BCUT2D eigenvalue weighted by atomic mass is 10.3. The maximum atomic E-state index is 9.44. The van der Waals surface area contributed by atoms with Crippen LogP contribution in [0, 0.1) is 0 Å². The average molecular weight is 201 g/mol. The van der Waals surface area contributed by atoms with E-state index in [-0.39, 0.29) is 0 Å². The van der Waals surface area contributed by atoms with Gasteiger partial charge in [-0.1, -0.05) is 12.1 Å². The van der Waals surface area contributed by atoms with E-state index in [0.29, 0.717) is 0 Å². The number of aromatic nitrogens is 3. The normalized spacial score (nSPS) is 13.7. The number of imidazole rings is 2. The Balaban J connectivity index is 2.37. The molecule has 4 nitrogen and oxygen atoms in total. The lowest BCUT2D eigenvalue weighted by Gasteiger charge is -1.96. The highest BCUT2D eigenvalue weighted by molar-refractivity contribution is 5.79. The molecule has 0 fully saturated rings. The molecule has 1 atom stereocenters. The summed E-state index contributed by atoms with van der Waals surface area (Å²) in [5, 5.41) is 9.44. The van der Waals surface area contributed by atoms with Gasteiger partial charge in [-0.05, 0) is 19.1 Å². The first kappa shape index (κ1) is 8.49. The highest BCUT2D eigenvalue weighted by atomic mass is 16.3. The van der Waals surface area contributed by atoms with Gasteiger partial charge in [-0.2, -0.15) is 0 Å². The van der Waals surface area contributed by atoms with Crippen LogP contribution in [-0.4, -0.2) is 19.5 Å². The van der Waals surface area contributed by atoms with Crippen LogP contribution in [0.4, 0.5) is 0 Å². The molecule has 2 aromatic heterocycles. The Morgan fingerprint density at radius 3 is 3.00 bits per heavy atom. The molecule has 15 heavy (non-hydrogen) atoms. The number of nitrogens with zero attached hydrogens (tertiary/aromatic N) is 2. The molecular weight excluding hydrogens is 190 g/mol. The standard InChI is InChI=1S/C11H11N3O/c1-7(15)9-6-14-10-5-3-2-4-8(10)12-11(14)13-9/h2-7,15H,1H3,(H,12,13). The number of H-pyrrole nitrogens is 1. The molecule has 0 radical (unpaired) electrons. The van der Waals surface area contributed by atoms with Gasteiger partial charge in [0.1, 0.15) is 0 Å². The summed E-state index contributed by atoms with van der Waals surface area (Å²) < 4.78 is 1.96. The van der Waals surface area contributed by atoms with Gasteiger partial charge in [0, 0.05) is 6.20 Å². The number of para-hydroxylation sites is 2. The van der Waals surface area contributed by atoms with Crippen LogP contribution >= 0.6 is 0 Å². The Kier molecular flexibility index (Phi) is 1.61. The number of aliphatic hydroxyl groups excluding tert-OH is 1. The van der Waals surface area contributed by atoms with E-state index in [2.05, 4.69) is 9.97 Å². The number of nitrogens with one attached hydrogen (secondary N) is 1. The van der Waals surface area contributed by atoms with Gasteiger partial charge in [0.2, 0.25) is 5.78 Å². The molecule has 0 aliphatic heterocycles. The molecular formula is C11H11N3O. The summed E-state index contributed by atoms with van der Waals surface area (Å²) in [7, 11) is 0. The zero-order valence-corrected chi connectivity index (χ0v) is 8.31. The van der Waals surface area contributed by atoms with Crippen molar-refractivity contribution in [1.29, 1.82) is 0 Å². The average Bonchev–Trinajstić information content (AvgIpc) is 2.73. The van der Waals surface area contributed by atoms with Gasteiger partial charge in [-0.3, -0.25) is 4.40 Å². The van der Waals surface area contributed by atoms with Gasteiger partial charge in [0.15, 0.2) is 0 Å². The van der Waals surface area contributed by atoms with E-state index in [4.69, 9.17) is 0 Å². The van der Waals surface area contributed by atoms with Crippen molar-refractivity contribution >= 4 is 16.8 Å². The molecule has 0 aliphatic carbocycles. The smallest absolute Gasteiger partial charge is 0.212 e. The molecule has 2 N–H and O–H groups in total. The third-order valence-electron chi connectivity index (χ3n) is 2.57. The highest BCUT2D eigenvalue weighted by Gasteiger charge is 2.09. The molecule has 76 valence electrons. The summed E-state index contributed by atoms with van der Waals surface area (Å²) in [4.78, 5) is 7.50. The molecule has 4 heteroatoms. The maximum Gasteiger partial charge on any atom is 0.212 e. The van der Waals surface area contributed by atoms with Gasteiger partial charge in [0.05, 0.1) is 22.8 Å². The number of hydrogen-bond acceptors (Lipinski definition) is 2. The van der Waals surface area contributed by atoms with Crippen molar-refractivity contribution in [3.8, 4) is 0 Å². The zero-order chi connectivity index (χ0) is 10.4. The summed E-state index contributed by atoms with van der Waals surface area (Å²) >= 11 is 0. The van der Waals surface area contributed by atoms with Crippen molar-refractivity contribution in [2.24, 2.45) is 0 Å². The minimum absolute atomic E-state index is 0.495. The van der Waals surface area contributed by atoms with Crippen LogP contribution in [0.2, 0.25) is 0 Å². The molecule has 0 bridgehead atoms. The lowest BCUT2D eigenvalue weighted by molar-refractivity contribution is 0.195. The second-order valence-electron chi connectivity index (χ2n) is 3.68. The van der Waals surface area contributed by atoms with Crippen LogP contribution in [0.5, 0.6) is 0 Å². The Morgan fingerprint density at radius 1 is 1.40 bits per heavy atom. The summed E-state index contributed by atoms with van der Waals surface area (Å²) in [5.74, 6) is 0.770. The molecule has 3 aromatic rings. The van der Waals surface area contributed by atoms with Crippen molar-refractivity contribution in [2.75, 3.05) is 0 Å². The van der Waals surface area contributed by atoms with Crippen LogP contribution in [-0.2, 0) is 0 Å². The van der Waals surface area contributed by atoms with Gasteiger partial charge >= 0.3 is 0 Å². The largest absolute Gasteiger partial charge is 0.387 e. The number of fused-ring (bicyclic) bond motifs is 3. The first-order valence-corrected chi connectivity index (χ1v) is 4.89. The SMILES string of the molecule is CC(O)c1cn2c(nc3ccccc32)[nH]1. The Bertz CT molecular complexity index is 621. The van der Waals surface area contributed by atoms with E-state index < -0.39 is 6.10 Å². The molecule has 1 aromatic carbocycles. The summed E-state index contributed by atoms with van der Waals surface area (Å²) in [6.45, 7) is 1.73. The second kappa shape index (κ2) is 2.84. The van der Waals surface area contributed by atoms with E-state index in [1.54, 1.807) is 6.92 Å². The fraction of sp³-hybridized carbons (Fsp3) is 0.182. The summed E-state index contributed by atoms with van der Waals surface area (Å²) in [6.07, 6.45) is 1.39. The van der Waals surface area contributed by atoms with Crippen molar-refractivity contribution in [2.45, 2.75) is 13.0 Å².